The zero-order valence-electron chi connectivity index (χ0n) is 18.2. The lowest BCUT2D eigenvalue weighted by Crippen LogP contribution is -2.15. The minimum Gasteiger partial charge on any atom is -0.454 e. The van der Waals surface area contributed by atoms with Crippen LogP contribution in [0.5, 0.6) is 11.5 Å². The third-order valence-corrected chi connectivity index (χ3v) is 8.03. The minimum atomic E-state index is -4.02. The summed E-state index contributed by atoms with van der Waals surface area (Å²) in [7, 11) is -4.02. The van der Waals surface area contributed by atoms with E-state index in [9.17, 15) is 8.42 Å². The van der Waals surface area contributed by atoms with Crippen molar-refractivity contribution >= 4 is 49.0 Å². The minimum absolute atomic E-state index is 0.0345. The molecule has 4 aromatic rings. The van der Waals surface area contributed by atoms with E-state index in [0.717, 1.165) is 33.0 Å². The number of benzene rings is 3. The molecule has 1 heterocycles. The quantitative estimate of drug-likeness (QED) is 0.198. The summed E-state index contributed by atoms with van der Waals surface area (Å²) in [6, 6.07) is 20.6. The molecule has 33 heavy (non-hydrogen) atoms. The van der Waals surface area contributed by atoms with Gasteiger partial charge in [-0.1, -0.05) is 55.4 Å². The van der Waals surface area contributed by atoms with Crippen molar-refractivity contribution < 1.29 is 13.2 Å². The van der Waals surface area contributed by atoms with Crippen molar-refractivity contribution in [2.24, 2.45) is 5.14 Å². The molecule has 0 aliphatic carbocycles. The summed E-state index contributed by atoms with van der Waals surface area (Å²) in [5.41, 5.74) is 2.39. The SMILES string of the molecule is CCCCNc1cc(CSc2nc3ccccc3s2)cc(S(N)(=O)=O)c1Oc1ccccc1. The highest BCUT2D eigenvalue weighted by Gasteiger charge is 2.22. The van der Waals surface area contributed by atoms with Crippen molar-refractivity contribution in [3.8, 4) is 11.5 Å². The van der Waals surface area contributed by atoms with Gasteiger partial charge in [-0.25, -0.2) is 18.5 Å². The molecule has 0 unspecified atom stereocenters. The Morgan fingerprint density at radius 2 is 1.85 bits per heavy atom. The largest absolute Gasteiger partial charge is 0.454 e. The second-order valence-electron chi connectivity index (χ2n) is 7.45. The Morgan fingerprint density at radius 1 is 1.09 bits per heavy atom. The summed E-state index contributed by atoms with van der Waals surface area (Å²) in [4.78, 5) is 4.62. The van der Waals surface area contributed by atoms with E-state index in [0.29, 0.717) is 23.7 Å². The first kappa shape index (κ1) is 23.6. The number of fused-ring (bicyclic) bond motifs is 1. The molecule has 9 heteroatoms. The highest BCUT2D eigenvalue weighted by Crippen LogP contribution is 2.39. The third kappa shape index (κ3) is 6.05. The van der Waals surface area contributed by atoms with E-state index in [-0.39, 0.29) is 10.6 Å². The molecule has 0 aliphatic heterocycles. The highest BCUT2D eigenvalue weighted by atomic mass is 32.2. The van der Waals surface area contributed by atoms with E-state index in [2.05, 4.69) is 17.2 Å². The second-order valence-corrected chi connectivity index (χ2v) is 11.2. The average Bonchev–Trinajstić information content (AvgIpc) is 3.22. The molecule has 0 radical (unpaired) electrons. The van der Waals surface area contributed by atoms with E-state index < -0.39 is 10.0 Å². The lowest BCUT2D eigenvalue weighted by molar-refractivity contribution is 0.469. The van der Waals surface area contributed by atoms with Crippen LogP contribution in [0.2, 0.25) is 0 Å². The van der Waals surface area contributed by atoms with Crippen molar-refractivity contribution in [3.05, 3.63) is 72.3 Å². The van der Waals surface area contributed by atoms with Crippen LogP contribution >= 0.6 is 23.1 Å². The van der Waals surface area contributed by atoms with Gasteiger partial charge in [-0.3, -0.25) is 0 Å². The topological polar surface area (TPSA) is 94.3 Å². The lowest BCUT2D eigenvalue weighted by Gasteiger charge is -2.18. The molecular formula is C24H25N3O3S3. The Bertz CT molecular complexity index is 1310. The molecular weight excluding hydrogens is 474 g/mol. The van der Waals surface area contributed by atoms with Crippen LogP contribution in [-0.2, 0) is 15.8 Å². The maximum absolute atomic E-state index is 12.5. The summed E-state index contributed by atoms with van der Waals surface area (Å²) < 4.78 is 33.1. The Hall–Kier alpha value is -2.59. The first-order valence-electron chi connectivity index (χ1n) is 10.6. The van der Waals surface area contributed by atoms with Crippen molar-refractivity contribution in [3.63, 3.8) is 0 Å². The van der Waals surface area contributed by atoms with E-state index in [1.807, 2.05) is 48.5 Å². The number of para-hydroxylation sites is 2. The standard InChI is InChI=1S/C24H25N3O3S3/c1-2-3-13-26-20-14-17(16-31-24-27-19-11-7-8-12-21(19)32-24)15-22(33(25,28)29)23(20)30-18-9-5-4-6-10-18/h4-12,14-15,26H,2-3,13,16H2,1H3,(H2,25,28,29). The second kappa shape index (κ2) is 10.6. The zero-order chi connectivity index (χ0) is 23.3. The number of ether oxygens (including phenoxy) is 1. The maximum Gasteiger partial charge on any atom is 0.241 e. The van der Waals surface area contributed by atoms with Crippen LogP contribution in [0, 0.1) is 0 Å². The Morgan fingerprint density at radius 3 is 2.58 bits per heavy atom. The highest BCUT2D eigenvalue weighted by molar-refractivity contribution is 8.00. The molecule has 6 nitrogen and oxygen atoms in total. The fourth-order valence-corrected chi connectivity index (χ4v) is 5.98. The fourth-order valence-electron chi connectivity index (χ4n) is 3.25. The van der Waals surface area contributed by atoms with E-state index in [1.54, 1.807) is 41.3 Å². The van der Waals surface area contributed by atoms with Gasteiger partial charge in [0.05, 0.1) is 15.9 Å². The Kier molecular flexibility index (Phi) is 7.54. The lowest BCUT2D eigenvalue weighted by atomic mass is 10.2. The number of nitrogens with zero attached hydrogens (tertiary/aromatic N) is 1. The van der Waals surface area contributed by atoms with Crippen molar-refractivity contribution in [2.75, 3.05) is 11.9 Å². The van der Waals surface area contributed by atoms with Crippen LogP contribution < -0.4 is 15.2 Å². The maximum atomic E-state index is 12.5. The number of rotatable bonds is 10. The van der Waals surface area contributed by atoms with Crippen LogP contribution in [0.4, 0.5) is 5.69 Å². The van der Waals surface area contributed by atoms with Gasteiger partial charge < -0.3 is 10.1 Å². The number of hydrogen-bond acceptors (Lipinski definition) is 7. The van der Waals surface area contributed by atoms with Gasteiger partial charge in [0.15, 0.2) is 10.1 Å². The van der Waals surface area contributed by atoms with Crippen LogP contribution in [0.3, 0.4) is 0 Å². The zero-order valence-corrected chi connectivity index (χ0v) is 20.6. The smallest absolute Gasteiger partial charge is 0.241 e. The summed E-state index contributed by atoms with van der Waals surface area (Å²) in [5, 5.41) is 8.95. The van der Waals surface area contributed by atoms with Gasteiger partial charge in [0, 0.05) is 12.3 Å². The van der Waals surface area contributed by atoms with Gasteiger partial charge in [0.2, 0.25) is 10.0 Å². The molecule has 0 atom stereocenters. The molecule has 0 aliphatic rings. The van der Waals surface area contributed by atoms with E-state index in [1.165, 1.54) is 0 Å². The van der Waals surface area contributed by atoms with Crippen molar-refractivity contribution in [1.29, 1.82) is 0 Å². The van der Waals surface area contributed by atoms with Crippen molar-refractivity contribution in [2.45, 2.75) is 34.8 Å². The summed E-state index contributed by atoms with van der Waals surface area (Å²) in [5.74, 6) is 1.31. The summed E-state index contributed by atoms with van der Waals surface area (Å²) in [6.07, 6.45) is 1.96. The van der Waals surface area contributed by atoms with Crippen LogP contribution in [0.25, 0.3) is 10.2 Å². The number of unbranched alkanes of at least 4 members (excludes halogenated alkanes) is 1. The molecule has 3 N–H and O–H groups in total. The molecule has 1 aromatic heterocycles. The Labute approximate surface area is 202 Å². The van der Waals surface area contributed by atoms with Gasteiger partial charge in [0.1, 0.15) is 10.6 Å². The fraction of sp³-hybridized carbons (Fsp3) is 0.208. The van der Waals surface area contributed by atoms with Gasteiger partial charge in [-0.2, -0.15) is 0 Å². The van der Waals surface area contributed by atoms with Crippen molar-refractivity contribution in [1.82, 2.24) is 4.98 Å². The van der Waals surface area contributed by atoms with Gasteiger partial charge in [-0.05, 0) is 48.4 Å². The van der Waals surface area contributed by atoms with E-state index in [4.69, 9.17) is 9.88 Å². The normalized spacial score (nSPS) is 11.6. The van der Waals surface area contributed by atoms with Crippen LogP contribution in [0.1, 0.15) is 25.3 Å². The third-order valence-electron chi connectivity index (χ3n) is 4.87. The molecule has 0 amide bonds. The molecule has 3 aromatic carbocycles. The number of primary sulfonamides is 1. The van der Waals surface area contributed by atoms with Gasteiger partial charge in [-0.15, -0.1) is 11.3 Å². The molecule has 0 saturated carbocycles. The number of nitrogens with two attached hydrogens (primary N) is 1. The molecule has 172 valence electrons. The molecule has 0 spiro atoms. The predicted octanol–water partition coefficient (Wildman–Crippen LogP) is 6.24. The number of sulfonamides is 1. The van der Waals surface area contributed by atoms with Gasteiger partial charge >= 0.3 is 0 Å². The number of aromatic nitrogens is 1. The molecule has 0 fully saturated rings. The molecule has 0 saturated heterocycles. The number of nitrogens with one attached hydrogen (secondary N) is 1. The number of anilines is 1. The first-order valence-corrected chi connectivity index (χ1v) is 13.9. The number of hydrogen-bond donors (Lipinski definition) is 2. The Balaban J connectivity index is 1.68. The monoisotopic (exact) mass is 499 g/mol. The van der Waals surface area contributed by atoms with Crippen LogP contribution in [0.15, 0.2) is 76.0 Å². The molecule has 4 rings (SSSR count). The summed E-state index contributed by atoms with van der Waals surface area (Å²) in [6.45, 7) is 2.80. The first-order chi connectivity index (χ1) is 15.9. The number of thioether (sulfide) groups is 1. The van der Waals surface area contributed by atoms with Crippen LogP contribution in [-0.4, -0.2) is 19.9 Å². The van der Waals surface area contributed by atoms with E-state index >= 15 is 0 Å². The number of thiazole rings is 1. The average molecular weight is 500 g/mol. The summed E-state index contributed by atoms with van der Waals surface area (Å²) >= 11 is 3.19. The molecule has 0 bridgehead atoms. The predicted molar refractivity (Wildman–Crippen MR) is 137 cm³/mol. The van der Waals surface area contributed by atoms with Gasteiger partial charge in [0.25, 0.3) is 0 Å².